The molecule has 38 heavy (non-hydrogen) atoms. The molecule has 0 atom stereocenters. The zero-order chi connectivity index (χ0) is 26.9. The van der Waals surface area contributed by atoms with E-state index in [0.29, 0.717) is 29.0 Å². The van der Waals surface area contributed by atoms with Crippen molar-refractivity contribution in [1.29, 1.82) is 0 Å². The van der Waals surface area contributed by atoms with Crippen LogP contribution in [0, 0.1) is 6.92 Å². The van der Waals surface area contributed by atoms with Gasteiger partial charge in [-0.25, -0.2) is 9.97 Å². The summed E-state index contributed by atoms with van der Waals surface area (Å²) >= 11 is 0. The van der Waals surface area contributed by atoms with Crippen LogP contribution >= 0.6 is 0 Å². The molecule has 2 aliphatic rings. The van der Waals surface area contributed by atoms with E-state index in [-0.39, 0.29) is 5.41 Å². The number of likely N-dealkylation sites (N-methyl/N-ethyl adjacent to an activating group) is 2. The molecule has 1 spiro atoms. The number of fused-ring (bicyclic) bond motifs is 2. The Morgan fingerprint density at radius 1 is 1.05 bits per heavy atom. The van der Waals surface area contributed by atoms with E-state index >= 15 is 0 Å². The van der Waals surface area contributed by atoms with E-state index in [9.17, 15) is 0 Å². The molecule has 0 bridgehead atoms. The zero-order valence-electron chi connectivity index (χ0n) is 23.2. The highest BCUT2D eigenvalue weighted by Crippen LogP contribution is 2.50. The molecule has 1 aliphatic heterocycles. The van der Waals surface area contributed by atoms with Crippen LogP contribution in [0.2, 0.25) is 0 Å². The van der Waals surface area contributed by atoms with Crippen molar-refractivity contribution >= 4 is 34.6 Å². The Labute approximate surface area is 225 Å². The molecule has 0 unspecified atom stereocenters. The smallest absolute Gasteiger partial charge is 0.234 e. The molecule has 1 aliphatic carbocycles. The fourth-order valence-electron chi connectivity index (χ4n) is 5.67. The number of hydrogen-bond acceptors (Lipinski definition) is 10. The van der Waals surface area contributed by atoms with Gasteiger partial charge >= 0.3 is 0 Å². The predicted molar refractivity (Wildman–Crippen MR) is 153 cm³/mol. The fourth-order valence-corrected chi connectivity index (χ4v) is 5.67. The predicted octanol–water partition coefficient (Wildman–Crippen LogP) is 4.26. The second-order valence-electron chi connectivity index (χ2n) is 10.8. The first-order valence-electron chi connectivity index (χ1n) is 13.3. The lowest BCUT2D eigenvalue weighted by molar-refractivity contribution is 0.307. The number of hydrogen-bond donors (Lipinski definition) is 2. The highest BCUT2D eigenvalue weighted by atomic mass is 16.5. The van der Waals surface area contributed by atoms with Crippen molar-refractivity contribution in [2.24, 2.45) is 0 Å². The quantitative estimate of drug-likeness (QED) is 0.421. The molecule has 1 aromatic carbocycles. The molecule has 0 amide bonds. The first-order chi connectivity index (χ1) is 18.3. The van der Waals surface area contributed by atoms with Crippen LogP contribution in [0.3, 0.4) is 0 Å². The monoisotopic (exact) mass is 517 g/mol. The van der Waals surface area contributed by atoms with Crippen LogP contribution in [0.15, 0.2) is 30.6 Å². The van der Waals surface area contributed by atoms with Crippen LogP contribution in [-0.4, -0.2) is 72.7 Å². The number of pyridine rings is 1. The first kappa shape index (κ1) is 26.0. The van der Waals surface area contributed by atoms with E-state index in [1.807, 2.05) is 19.2 Å². The van der Waals surface area contributed by atoms with Gasteiger partial charge in [-0.3, -0.25) is 4.98 Å². The molecule has 5 rings (SSSR count). The van der Waals surface area contributed by atoms with Crippen LogP contribution in [0.4, 0.5) is 34.6 Å². The van der Waals surface area contributed by atoms with Gasteiger partial charge in [-0.15, -0.1) is 0 Å². The van der Waals surface area contributed by atoms with Gasteiger partial charge in [-0.1, -0.05) is 19.3 Å². The number of aromatic nitrogens is 4. The average molecular weight is 518 g/mol. The fraction of sp³-hybridized carbons (Fsp3) is 0.500. The number of anilines is 6. The van der Waals surface area contributed by atoms with E-state index < -0.39 is 0 Å². The molecule has 2 aromatic heterocycles. The van der Waals surface area contributed by atoms with Gasteiger partial charge in [0.2, 0.25) is 11.9 Å². The van der Waals surface area contributed by atoms with Crippen LogP contribution in [0.1, 0.15) is 43.5 Å². The highest BCUT2D eigenvalue weighted by Gasteiger charge is 2.46. The Balaban J connectivity index is 1.42. The Kier molecular flexibility index (Phi) is 7.25. The van der Waals surface area contributed by atoms with Gasteiger partial charge in [-0.05, 0) is 52.1 Å². The van der Waals surface area contributed by atoms with Crippen molar-refractivity contribution in [1.82, 2.24) is 24.8 Å². The maximum Gasteiger partial charge on any atom is 0.234 e. The zero-order valence-corrected chi connectivity index (χ0v) is 23.2. The standard InChI is InChI=1S/C28H39N9O/c1-19-9-10-22-25(32-19)28(11-7-6-8-12-28)17-37(22)27-31-18-30-26(34-27)33-21-15-20(29)23(16-24(21)38-5)36(4)14-13-35(2)3/h9-10,15-16,18H,6-8,11-14,17,29H2,1-5H3,(H,30,31,33,34). The number of rotatable bonds is 8. The third-order valence-corrected chi connectivity index (χ3v) is 7.77. The van der Waals surface area contributed by atoms with Gasteiger partial charge in [0.25, 0.3) is 0 Å². The SMILES string of the molecule is COc1cc(N(C)CCN(C)C)c(N)cc1Nc1ncnc(N2CC3(CCCCC3)c3nc(C)ccc32)n1. The maximum atomic E-state index is 6.46. The summed E-state index contributed by atoms with van der Waals surface area (Å²) in [7, 11) is 7.80. The molecule has 1 saturated carbocycles. The summed E-state index contributed by atoms with van der Waals surface area (Å²) in [5.74, 6) is 1.72. The van der Waals surface area contributed by atoms with Crippen LogP contribution < -0.4 is 25.6 Å². The van der Waals surface area contributed by atoms with E-state index in [2.05, 4.69) is 63.1 Å². The molecule has 0 saturated heterocycles. The summed E-state index contributed by atoms with van der Waals surface area (Å²) in [5, 5.41) is 3.31. The average Bonchev–Trinajstić information content (AvgIpc) is 3.20. The summed E-state index contributed by atoms with van der Waals surface area (Å²) in [4.78, 5) is 25.3. The molecular formula is C28H39N9O. The van der Waals surface area contributed by atoms with Crippen molar-refractivity contribution in [3.05, 3.63) is 42.0 Å². The summed E-state index contributed by atoms with van der Waals surface area (Å²) < 4.78 is 5.71. The highest BCUT2D eigenvalue weighted by molar-refractivity contribution is 5.79. The topological polar surface area (TPSA) is 109 Å². The number of nitrogens with one attached hydrogen (secondary N) is 1. The minimum atomic E-state index is 0.0614. The molecular weight excluding hydrogens is 478 g/mol. The van der Waals surface area contributed by atoms with Gasteiger partial charge in [0.05, 0.1) is 35.6 Å². The third kappa shape index (κ3) is 5.05. The number of nitrogen functional groups attached to an aromatic ring is 1. The molecule has 0 radical (unpaired) electrons. The second-order valence-corrected chi connectivity index (χ2v) is 10.8. The molecule has 10 heteroatoms. The molecule has 1 fully saturated rings. The molecule has 202 valence electrons. The van der Waals surface area contributed by atoms with Crippen LogP contribution in [0.5, 0.6) is 5.75 Å². The minimum Gasteiger partial charge on any atom is -0.494 e. The lowest BCUT2D eigenvalue weighted by Crippen LogP contribution is -2.34. The lowest BCUT2D eigenvalue weighted by atomic mass is 9.73. The van der Waals surface area contributed by atoms with Gasteiger partial charge in [0.1, 0.15) is 12.1 Å². The second kappa shape index (κ2) is 10.6. The van der Waals surface area contributed by atoms with E-state index in [0.717, 1.165) is 49.5 Å². The maximum absolute atomic E-state index is 6.46. The third-order valence-electron chi connectivity index (χ3n) is 7.77. The van der Waals surface area contributed by atoms with E-state index in [1.165, 1.54) is 25.0 Å². The number of benzene rings is 1. The van der Waals surface area contributed by atoms with Crippen molar-refractivity contribution in [3.63, 3.8) is 0 Å². The van der Waals surface area contributed by atoms with Crippen molar-refractivity contribution < 1.29 is 4.74 Å². The molecule has 3 N–H and O–H groups in total. The molecule has 10 nitrogen and oxygen atoms in total. The van der Waals surface area contributed by atoms with Gasteiger partial charge in [0, 0.05) is 43.9 Å². The van der Waals surface area contributed by atoms with E-state index in [1.54, 1.807) is 13.4 Å². The molecule has 3 aromatic rings. The van der Waals surface area contributed by atoms with Gasteiger partial charge in [-0.2, -0.15) is 4.98 Å². The Morgan fingerprint density at radius 2 is 1.84 bits per heavy atom. The Hall–Kier alpha value is -3.66. The minimum absolute atomic E-state index is 0.0614. The van der Waals surface area contributed by atoms with Crippen molar-refractivity contribution in [3.8, 4) is 5.75 Å². The summed E-state index contributed by atoms with van der Waals surface area (Å²) in [6, 6.07) is 8.05. The summed E-state index contributed by atoms with van der Waals surface area (Å²) in [5.41, 5.74) is 12.1. The largest absolute Gasteiger partial charge is 0.494 e. The lowest BCUT2D eigenvalue weighted by Gasteiger charge is -2.33. The van der Waals surface area contributed by atoms with Crippen LogP contribution in [0.25, 0.3) is 0 Å². The Morgan fingerprint density at radius 3 is 2.58 bits per heavy atom. The van der Waals surface area contributed by atoms with Gasteiger partial charge in [0.15, 0.2) is 0 Å². The number of nitrogens with two attached hydrogens (primary N) is 1. The van der Waals surface area contributed by atoms with Crippen molar-refractivity contribution in [2.75, 3.05) is 68.7 Å². The normalized spacial score (nSPS) is 16.1. The van der Waals surface area contributed by atoms with Crippen LogP contribution in [-0.2, 0) is 5.41 Å². The number of aryl methyl sites for hydroxylation is 1. The van der Waals surface area contributed by atoms with Crippen molar-refractivity contribution in [2.45, 2.75) is 44.4 Å². The van der Waals surface area contributed by atoms with E-state index in [4.69, 9.17) is 20.4 Å². The number of ether oxygens (including phenoxy) is 1. The number of nitrogens with zero attached hydrogens (tertiary/aromatic N) is 7. The van der Waals surface area contributed by atoms with Gasteiger partial charge < -0.3 is 30.5 Å². The Bertz CT molecular complexity index is 1290. The number of methoxy groups -OCH3 is 1. The molecule has 3 heterocycles. The first-order valence-corrected chi connectivity index (χ1v) is 13.3. The summed E-state index contributed by atoms with van der Waals surface area (Å²) in [6.07, 6.45) is 7.60. The summed E-state index contributed by atoms with van der Waals surface area (Å²) in [6.45, 7) is 4.67.